The smallest absolute Gasteiger partial charge is 0.272 e. The first-order valence-electron chi connectivity index (χ1n) is 10.6. The predicted octanol–water partition coefficient (Wildman–Crippen LogP) is 2.85. The summed E-state index contributed by atoms with van der Waals surface area (Å²) in [4.78, 5) is 30.3. The maximum absolute atomic E-state index is 14.0. The number of hydrogen-bond acceptors (Lipinski definition) is 4. The van der Waals surface area contributed by atoms with Gasteiger partial charge in [0.15, 0.2) is 17.3 Å². The van der Waals surface area contributed by atoms with E-state index >= 15 is 0 Å². The second-order valence-corrected chi connectivity index (χ2v) is 10.1. The molecule has 1 aliphatic rings. The number of amides is 2. The summed E-state index contributed by atoms with van der Waals surface area (Å²) in [6.45, 7) is 11.3. The average molecular weight is 448 g/mol. The molecule has 2 heterocycles. The van der Waals surface area contributed by atoms with Crippen LogP contribution in [0.1, 0.15) is 50.8 Å². The molecule has 0 bridgehead atoms. The lowest BCUT2D eigenvalue weighted by Gasteiger charge is -2.29. The van der Waals surface area contributed by atoms with Crippen molar-refractivity contribution in [1.82, 2.24) is 25.5 Å². The number of imidazole rings is 1. The summed E-state index contributed by atoms with van der Waals surface area (Å²) in [7, 11) is 1.52. The fraction of sp³-hybridized carbons (Fsp3) is 0.522. The topological polar surface area (TPSA) is 88.1 Å². The third-order valence-electron chi connectivity index (χ3n) is 5.60. The standard InChI is InChI=1S/C23H31F2N5O2/c1-22(2,3)18(21(32)26-6)29-20(31)17-16-10-27-11-23(4,5)12-30(16)19(28-17)13-7-8-14(24)15(25)9-13/h7-9,18,27H,10-12H2,1-6H3,(H,26,32)(H,29,31)/t18-/m1/s1. The lowest BCUT2D eigenvalue weighted by atomic mass is 9.86. The maximum Gasteiger partial charge on any atom is 0.272 e. The van der Waals surface area contributed by atoms with E-state index in [2.05, 4.69) is 34.8 Å². The van der Waals surface area contributed by atoms with Crippen molar-refractivity contribution in [2.75, 3.05) is 13.6 Å². The Kier molecular flexibility index (Phi) is 6.42. The quantitative estimate of drug-likeness (QED) is 0.673. The molecule has 1 aromatic heterocycles. The fourth-order valence-electron chi connectivity index (χ4n) is 3.90. The summed E-state index contributed by atoms with van der Waals surface area (Å²) in [5.74, 6) is -2.35. The largest absolute Gasteiger partial charge is 0.357 e. The summed E-state index contributed by atoms with van der Waals surface area (Å²) in [6, 6.07) is 2.80. The molecule has 0 saturated carbocycles. The first kappa shape index (κ1) is 23.8. The summed E-state index contributed by atoms with van der Waals surface area (Å²) < 4.78 is 29.4. The van der Waals surface area contributed by atoms with E-state index in [1.54, 1.807) is 0 Å². The number of carbonyl (C=O) groups is 2. The highest BCUT2D eigenvalue weighted by molar-refractivity contribution is 5.97. The highest BCUT2D eigenvalue weighted by Gasteiger charge is 2.35. The van der Waals surface area contributed by atoms with Crippen molar-refractivity contribution in [1.29, 1.82) is 0 Å². The van der Waals surface area contributed by atoms with E-state index in [-0.39, 0.29) is 17.0 Å². The Bertz CT molecular complexity index is 1040. The molecule has 0 spiro atoms. The van der Waals surface area contributed by atoms with Gasteiger partial charge in [-0.05, 0) is 29.0 Å². The maximum atomic E-state index is 14.0. The fourth-order valence-corrected chi connectivity index (χ4v) is 3.90. The third kappa shape index (κ3) is 4.82. The van der Waals surface area contributed by atoms with Gasteiger partial charge < -0.3 is 20.5 Å². The van der Waals surface area contributed by atoms with E-state index in [9.17, 15) is 18.4 Å². The van der Waals surface area contributed by atoms with Crippen LogP contribution in [0.5, 0.6) is 0 Å². The molecule has 1 aliphatic heterocycles. The van der Waals surface area contributed by atoms with Crippen molar-refractivity contribution in [3.63, 3.8) is 0 Å². The number of hydrogen-bond donors (Lipinski definition) is 3. The van der Waals surface area contributed by atoms with Crippen molar-refractivity contribution in [2.24, 2.45) is 10.8 Å². The summed E-state index contributed by atoms with van der Waals surface area (Å²) >= 11 is 0. The van der Waals surface area contributed by atoms with Crippen molar-refractivity contribution >= 4 is 11.8 Å². The summed E-state index contributed by atoms with van der Waals surface area (Å²) in [5, 5.41) is 8.73. The molecule has 2 aromatic rings. The highest BCUT2D eigenvalue weighted by atomic mass is 19.2. The molecule has 0 unspecified atom stereocenters. The lowest BCUT2D eigenvalue weighted by molar-refractivity contribution is -0.124. The van der Waals surface area contributed by atoms with Crippen LogP contribution in [0.15, 0.2) is 18.2 Å². The van der Waals surface area contributed by atoms with Crippen LogP contribution in [0.25, 0.3) is 11.4 Å². The molecule has 1 aromatic carbocycles. The van der Waals surface area contributed by atoms with E-state index in [1.807, 2.05) is 25.3 Å². The van der Waals surface area contributed by atoms with Crippen LogP contribution in [0.3, 0.4) is 0 Å². The number of carbonyl (C=O) groups excluding carboxylic acids is 2. The molecule has 7 nitrogen and oxygen atoms in total. The Morgan fingerprint density at radius 3 is 2.50 bits per heavy atom. The zero-order valence-electron chi connectivity index (χ0n) is 19.4. The Balaban J connectivity index is 2.10. The lowest BCUT2D eigenvalue weighted by Crippen LogP contribution is -2.53. The Morgan fingerprint density at radius 1 is 1.22 bits per heavy atom. The van der Waals surface area contributed by atoms with Gasteiger partial charge in [-0.2, -0.15) is 0 Å². The van der Waals surface area contributed by atoms with Gasteiger partial charge in [-0.25, -0.2) is 13.8 Å². The molecule has 2 amide bonds. The molecule has 0 saturated heterocycles. The van der Waals surface area contributed by atoms with Gasteiger partial charge in [-0.3, -0.25) is 9.59 Å². The number of rotatable bonds is 4. The molecule has 9 heteroatoms. The van der Waals surface area contributed by atoms with Crippen LogP contribution in [0.4, 0.5) is 8.78 Å². The highest BCUT2D eigenvalue weighted by Crippen LogP contribution is 2.31. The molecule has 1 atom stereocenters. The van der Waals surface area contributed by atoms with Gasteiger partial charge in [-0.1, -0.05) is 34.6 Å². The van der Waals surface area contributed by atoms with E-state index < -0.39 is 29.0 Å². The van der Waals surface area contributed by atoms with Gasteiger partial charge in [0.05, 0.1) is 5.69 Å². The minimum atomic E-state index is -0.982. The molecule has 0 radical (unpaired) electrons. The number of likely N-dealkylation sites (N-methyl/N-ethyl adjacent to an activating group) is 1. The number of fused-ring (bicyclic) bond motifs is 1. The SMILES string of the molecule is CNC(=O)[C@@H](NC(=O)c1nc(-c2ccc(F)c(F)c2)n2c1CNCC(C)(C)C2)C(C)(C)C. The Morgan fingerprint density at radius 2 is 1.91 bits per heavy atom. The third-order valence-corrected chi connectivity index (χ3v) is 5.60. The number of aromatic nitrogens is 2. The van der Waals surface area contributed by atoms with E-state index in [4.69, 9.17) is 0 Å². The molecule has 32 heavy (non-hydrogen) atoms. The first-order valence-corrected chi connectivity index (χ1v) is 10.6. The van der Waals surface area contributed by atoms with Gasteiger partial charge in [0.25, 0.3) is 5.91 Å². The van der Waals surface area contributed by atoms with Gasteiger partial charge in [0.1, 0.15) is 11.9 Å². The van der Waals surface area contributed by atoms with Crippen LogP contribution in [0, 0.1) is 22.5 Å². The molecule has 3 rings (SSSR count). The van der Waals surface area contributed by atoms with Crippen LogP contribution < -0.4 is 16.0 Å². The zero-order valence-corrected chi connectivity index (χ0v) is 19.4. The van der Waals surface area contributed by atoms with E-state index in [1.165, 1.54) is 13.1 Å². The van der Waals surface area contributed by atoms with Crippen LogP contribution >= 0.6 is 0 Å². The number of benzene rings is 1. The Hall–Kier alpha value is -2.81. The van der Waals surface area contributed by atoms with Gasteiger partial charge in [0, 0.05) is 32.2 Å². The van der Waals surface area contributed by atoms with E-state index in [0.29, 0.717) is 36.7 Å². The van der Waals surface area contributed by atoms with Crippen LogP contribution in [-0.2, 0) is 17.9 Å². The molecular formula is C23H31F2N5O2. The number of halogens is 2. The number of nitrogens with one attached hydrogen (secondary N) is 3. The van der Waals surface area contributed by atoms with Gasteiger partial charge >= 0.3 is 0 Å². The monoisotopic (exact) mass is 447 g/mol. The normalized spacial score (nSPS) is 16.6. The predicted molar refractivity (Wildman–Crippen MR) is 118 cm³/mol. The number of nitrogens with zero attached hydrogens (tertiary/aromatic N) is 2. The van der Waals surface area contributed by atoms with Crippen LogP contribution in [-0.4, -0.2) is 41.0 Å². The zero-order chi connectivity index (χ0) is 23.8. The average Bonchev–Trinajstić information content (AvgIpc) is 2.95. The Labute approximate surface area is 187 Å². The van der Waals surface area contributed by atoms with Crippen molar-refractivity contribution < 1.29 is 18.4 Å². The van der Waals surface area contributed by atoms with Crippen LogP contribution in [0.2, 0.25) is 0 Å². The summed E-state index contributed by atoms with van der Waals surface area (Å²) in [5.41, 5.74) is 0.476. The molecule has 174 valence electrons. The molecule has 0 aliphatic carbocycles. The second kappa shape index (κ2) is 8.61. The summed E-state index contributed by atoms with van der Waals surface area (Å²) in [6.07, 6.45) is 0. The second-order valence-electron chi connectivity index (χ2n) is 10.1. The molecule has 0 fully saturated rings. The van der Waals surface area contributed by atoms with E-state index in [0.717, 1.165) is 12.1 Å². The minimum absolute atomic E-state index is 0.160. The first-order chi connectivity index (χ1) is 14.8. The van der Waals surface area contributed by atoms with Gasteiger partial charge in [0.2, 0.25) is 5.91 Å². The molecular weight excluding hydrogens is 416 g/mol. The molecule has 3 N–H and O–H groups in total. The minimum Gasteiger partial charge on any atom is -0.357 e. The van der Waals surface area contributed by atoms with Crippen molar-refractivity contribution in [3.05, 3.63) is 41.2 Å². The van der Waals surface area contributed by atoms with Gasteiger partial charge in [-0.15, -0.1) is 0 Å². The van der Waals surface area contributed by atoms with Crippen molar-refractivity contribution in [2.45, 2.75) is 53.8 Å². The van der Waals surface area contributed by atoms with Crippen molar-refractivity contribution in [3.8, 4) is 11.4 Å².